The summed E-state index contributed by atoms with van der Waals surface area (Å²) in [5.74, 6) is 0.260. The van der Waals surface area contributed by atoms with Gasteiger partial charge in [0.15, 0.2) is 17.3 Å². The number of ketones is 1. The molecule has 7 nitrogen and oxygen atoms in total. The Morgan fingerprint density at radius 3 is 2.62 bits per heavy atom. The Labute approximate surface area is 193 Å². The highest BCUT2D eigenvalue weighted by molar-refractivity contribution is 6.37. The van der Waals surface area contributed by atoms with E-state index in [-0.39, 0.29) is 50.4 Å². The summed E-state index contributed by atoms with van der Waals surface area (Å²) < 4.78 is 45.6. The SMILES string of the molecule is CC(=O)COc1cc(Cl)c(C2=NC(c3cn4cc(C(F)(F)F)cc(Cl)c4n3)ON2)cc1Cl. The average Bonchev–Trinajstić information content (AvgIpc) is 3.34. The number of nitrogens with zero attached hydrogens (tertiary/aromatic N) is 3. The molecule has 1 unspecified atom stereocenters. The molecule has 1 aromatic carbocycles. The first-order valence-corrected chi connectivity index (χ1v) is 10.0. The lowest BCUT2D eigenvalue weighted by Crippen LogP contribution is -2.18. The third-order valence-electron chi connectivity index (χ3n) is 4.33. The van der Waals surface area contributed by atoms with Crippen molar-refractivity contribution < 1.29 is 27.5 Å². The molecule has 0 aliphatic carbocycles. The van der Waals surface area contributed by atoms with Crippen LogP contribution in [0.3, 0.4) is 0 Å². The van der Waals surface area contributed by atoms with Gasteiger partial charge in [0.05, 0.1) is 20.6 Å². The van der Waals surface area contributed by atoms with Gasteiger partial charge in [0.25, 0.3) is 0 Å². The van der Waals surface area contributed by atoms with Gasteiger partial charge >= 0.3 is 6.18 Å². The van der Waals surface area contributed by atoms with Crippen LogP contribution in [0.25, 0.3) is 5.65 Å². The van der Waals surface area contributed by atoms with E-state index in [0.717, 1.165) is 16.7 Å². The maximum absolute atomic E-state index is 13.0. The van der Waals surface area contributed by atoms with Gasteiger partial charge in [-0.05, 0) is 19.1 Å². The van der Waals surface area contributed by atoms with E-state index in [2.05, 4.69) is 15.5 Å². The zero-order valence-electron chi connectivity index (χ0n) is 16.0. The highest BCUT2D eigenvalue weighted by Gasteiger charge is 2.32. The zero-order valence-corrected chi connectivity index (χ0v) is 18.3. The van der Waals surface area contributed by atoms with Crippen LogP contribution in [0.5, 0.6) is 5.75 Å². The number of hydrogen-bond acceptors (Lipinski definition) is 6. The third-order valence-corrected chi connectivity index (χ3v) is 5.21. The number of aliphatic imine (C=N–C) groups is 1. The first-order valence-electron chi connectivity index (χ1n) is 8.89. The summed E-state index contributed by atoms with van der Waals surface area (Å²) >= 11 is 18.5. The molecule has 3 heterocycles. The Balaban J connectivity index is 1.63. The molecule has 1 aliphatic heterocycles. The van der Waals surface area contributed by atoms with Crippen LogP contribution in [0.4, 0.5) is 13.2 Å². The lowest BCUT2D eigenvalue weighted by Gasteiger charge is -2.10. The number of benzene rings is 1. The van der Waals surface area contributed by atoms with E-state index >= 15 is 0 Å². The van der Waals surface area contributed by atoms with Gasteiger partial charge < -0.3 is 9.14 Å². The number of ether oxygens (including phenoxy) is 1. The van der Waals surface area contributed by atoms with Gasteiger partial charge in [-0.3, -0.25) is 4.79 Å². The second-order valence-electron chi connectivity index (χ2n) is 6.77. The lowest BCUT2D eigenvalue weighted by atomic mass is 10.2. The molecule has 1 aliphatic rings. The van der Waals surface area contributed by atoms with Crippen LogP contribution in [-0.4, -0.2) is 27.6 Å². The van der Waals surface area contributed by atoms with E-state index in [4.69, 9.17) is 44.4 Å². The number of rotatable bonds is 5. The number of alkyl halides is 3. The van der Waals surface area contributed by atoms with Crippen LogP contribution in [0.1, 0.15) is 30.0 Å². The molecular weight excluding hydrogens is 496 g/mol. The Hall–Kier alpha value is -2.53. The first-order chi connectivity index (χ1) is 15.0. The number of pyridine rings is 1. The number of imidazole rings is 1. The van der Waals surface area contributed by atoms with Gasteiger partial charge in [-0.25, -0.2) is 20.3 Å². The number of Topliss-reactive ketones (excluding diaryl/α,β-unsaturated/α-hetero) is 1. The summed E-state index contributed by atoms with van der Waals surface area (Å²) in [5.41, 5.74) is 2.41. The first kappa shape index (κ1) is 22.7. The van der Waals surface area contributed by atoms with Crippen molar-refractivity contribution in [3.63, 3.8) is 0 Å². The normalized spacial score (nSPS) is 16.2. The molecule has 0 radical (unpaired) electrons. The maximum Gasteiger partial charge on any atom is 0.417 e. The van der Waals surface area contributed by atoms with Crippen LogP contribution < -0.4 is 10.2 Å². The fraction of sp³-hybridized carbons (Fsp3) is 0.211. The van der Waals surface area contributed by atoms with E-state index in [9.17, 15) is 18.0 Å². The Morgan fingerprint density at radius 2 is 1.94 bits per heavy atom. The molecule has 0 fully saturated rings. The minimum atomic E-state index is -4.56. The molecule has 13 heteroatoms. The number of hydrogen-bond donors (Lipinski definition) is 1. The van der Waals surface area contributed by atoms with Crippen LogP contribution in [0, 0.1) is 0 Å². The van der Waals surface area contributed by atoms with E-state index in [1.807, 2.05) is 0 Å². The summed E-state index contributed by atoms with van der Waals surface area (Å²) in [6.07, 6.45) is -3.32. The minimum Gasteiger partial charge on any atom is -0.484 e. The van der Waals surface area contributed by atoms with Gasteiger partial charge in [-0.2, -0.15) is 13.2 Å². The summed E-state index contributed by atoms with van der Waals surface area (Å²) in [6, 6.07) is 3.71. The van der Waals surface area contributed by atoms with Gasteiger partial charge in [0.1, 0.15) is 18.1 Å². The number of hydroxylamine groups is 1. The van der Waals surface area contributed by atoms with E-state index in [1.54, 1.807) is 0 Å². The fourth-order valence-electron chi connectivity index (χ4n) is 2.88. The van der Waals surface area contributed by atoms with Crippen molar-refractivity contribution in [3.05, 3.63) is 62.5 Å². The molecule has 32 heavy (non-hydrogen) atoms. The highest BCUT2D eigenvalue weighted by atomic mass is 35.5. The second-order valence-corrected chi connectivity index (χ2v) is 8.00. The highest BCUT2D eigenvalue weighted by Crippen LogP contribution is 2.35. The zero-order chi connectivity index (χ0) is 23.2. The maximum atomic E-state index is 13.0. The van der Waals surface area contributed by atoms with Crippen molar-refractivity contribution in [2.45, 2.75) is 19.3 Å². The standard InChI is InChI=1S/C19H12Cl3F3N4O3/c1-8(30)7-31-15-4-11(20)10(3-12(15)21)16-27-18(32-28-16)14-6-29-5-9(19(23,24)25)2-13(22)17(29)26-14/h2-6,18H,7H2,1H3,(H,27,28). The van der Waals surface area contributed by atoms with Crippen LogP contribution >= 0.6 is 34.8 Å². The second kappa shape index (κ2) is 8.43. The van der Waals surface area contributed by atoms with Crippen LogP contribution in [-0.2, 0) is 15.8 Å². The Kier molecular flexibility index (Phi) is 5.97. The molecule has 0 spiro atoms. The fourth-order valence-corrected chi connectivity index (χ4v) is 3.60. The van der Waals surface area contributed by atoms with E-state index in [1.165, 1.54) is 25.3 Å². The quantitative estimate of drug-likeness (QED) is 0.510. The van der Waals surface area contributed by atoms with Gasteiger partial charge in [0, 0.05) is 24.0 Å². The molecule has 0 saturated carbocycles. The van der Waals surface area contributed by atoms with E-state index < -0.39 is 18.0 Å². The van der Waals surface area contributed by atoms with Crippen LogP contribution in [0.15, 0.2) is 35.6 Å². The molecule has 4 rings (SSSR count). The number of halogens is 6. The number of carbonyl (C=O) groups is 1. The Bertz CT molecular complexity index is 1260. The van der Waals surface area contributed by atoms with Crippen molar-refractivity contribution in [3.8, 4) is 5.75 Å². The predicted octanol–water partition coefficient (Wildman–Crippen LogP) is 5.26. The molecule has 1 N–H and O–H groups in total. The van der Waals surface area contributed by atoms with Crippen molar-refractivity contribution in [2.24, 2.45) is 4.99 Å². The monoisotopic (exact) mass is 506 g/mol. The van der Waals surface area contributed by atoms with Gasteiger partial charge in [-0.15, -0.1) is 0 Å². The summed E-state index contributed by atoms with van der Waals surface area (Å²) in [4.78, 5) is 25.1. The number of amidine groups is 1. The summed E-state index contributed by atoms with van der Waals surface area (Å²) in [6.45, 7) is 1.21. The van der Waals surface area contributed by atoms with Gasteiger partial charge in [0.2, 0.25) is 6.23 Å². The number of aromatic nitrogens is 2. The number of nitrogens with one attached hydrogen (secondary N) is 1. The molecule has 0 bridgehead atoms. The Morgan fingerprint density at radius 1 is 1.19 bits per heavy atom. The van der Waals surface area contributed by atoms with Crippen molar-refractivity contribution in [2.75, 3.05) is 6.61 Å². The molecule has 0 saturated heterocycles. The smallest absolute Gasteiger partial charge is 0.417 e. The molecule has 3 aromatic rings. The lowest BCUT2D eigenvalue weighted by molar-refractivity contribution is -0.137. The predicted molar refractivity (Wildman–Crippen MR) is 111 cm³/mol. The molecule has 0 amide bonds. The van der Waals surface area contributed by atoms with Crippen molar-refractivity contribution in [1.29, 1.82) is 0 Å². The van der Waals surface area contributed by atoms with Gasteiger partial charge in [-0.1, -0.05) is 34.8 Å². The van der Waals surface area contributed by atoms with Crippen molar-refractivity contribution >= 4 is 52.1 Å². The van der Waals surface area contributed by atoms with E-state index in [0.29, 0.717) is 5.56 Å². The third kappa shape index (κ3) is 4.49. The number of fused-ring (bicyclic) bond motifs is 1. The van der Waals surface area contributed by atoms with Crippen molar-refractivity contribution in [1.82, 2.24) is 14.9 Å². The average molecular weight is 508 g/mol. The largest absolute Gasteiger partial charge is 0.484 e. The summed E-state index contributed by atoms with van der Waals surface area (Å²) in [7, 11) is 0. The molecule has 168 valence electrons. The molecule has 1 atom stereocenters. The molecular formula is C19H12Cl3F3N4O3. The summed E-state index contributed by atoms with van der Waals surface area (Å²) in [5, 5.41) is 0.242. The van der Waals surface area contributed by atoms with Crippen LogP contribution in [0.2, 0.25) is 15.1 Å². The minimum absolute atomic E-state index is 0.120. The number of carbonyl (C=O) groups excluding carboxylic acids is 1. The topological polar surface area (TPSA) is 77.2 Å². The molecule has 2 aromatic heterocycles.